The second-order valence-corrected chi connectivity index (χ2v) is 5.29. The molecule has 0 spiro atoms. The molecule has 0 aromatic heterocycles. The average Bonchev–Trinajstić information content (AvgIpc) is 2.37. The van der Waals surface area contributed by atoms with Crippen LogP contribution in [0.2, 0.25) is 0 Å². The van der Waals surface area contributed by atoms with Crippen molar-refractivity contribution in [3.63, 3.8) is 0 Å². The summed E-state index contributed by atoms with van der Waals surface area (Å²) in [6.07, 6.45) is 0. The quantitative estimate of drug-likeness (QED) is 0.660. The Hall–Kier alpha value is -1.94. The third kappa shape index (κ3) is 3.29. The van der Waals surface area contributed by atoms with Crippen LogP contribution in [0.3, 0.4) is 0 Å². The van der Waals surface area contributed by atoms with Crippen molar-refractivity contribution in [3.8, 4) is 0 Å². The van der Waals surface area contributed by atoms with Crippen LogP contribution in [-0.2, 0) is 5.75 Å². The molecule has 4 heteroatoms. The number of hydrogen-bond donors (Lipinski definition) is 2. The molecule has 2 aromatic carbocycles. The van der Waals surface area contributed by atoms with Gasteiger partial charge in [0.15, 0.2) is 0 Å². The third-order valence-corrected chi connectivity index (χ3v) is 3.96. The lowest BCUT2D eigenvalue weighted by atomic mass is 10.2. The van der Waals surface area contributed by atoms with Gasteiger partial charge in [-0.15, -0.1) is 11.8 Å². The van der Waals surface area contributed by atoms with Gasteiger partial charge in [0, 0.05) is 16.3 Å². The summed E-state index contributed by atoms with van der Waals surface area (Å²) in [6, 6.07) is 13.1. The highest BCUT2D eigenvalue weighted by Gasteiger charge is 2.13. The summed E-state index contributed by atoms with van der Waals surface area (Å²) in [5, 5.41) is 9.16. The Morgan fingerprint density at radius 3 is 2.68 bits per heavy atom. The zero-order chi connectivity index (χ0) is 13.8. The fraction of sp³-hybridized carbons (Fsp3) is 0.133. The van der Waals surface area contributed by atoms with Crippen molar-refractivity contribution in [1.29, 1.82) is 0 Å². The number of anilines is 1. The van der Waals surface area contributed by atoms with E-state index in [4.69, 9.17) is 10.8 Å². The number of aryl methyl sites for hydroxylation is 1. The number of carboxylic acid groups (broad SMARTS) is 1. The second kappa shape index (κ2) is 5.80. The van der Waals surface area contributed by atoms with Crippen LogP contribution in [-0.4, -0.2) is 11.1 Å². The Morgan fingerprint density at radius 1 is 1.26 bits per heavy atom. The maximum atomic E-state index is 11.2. The summed E-state index contributed by atoms with van der Waals surface area (Å²) in [5.74, 6) is -0.241. The van der Waals surface area contributed by atoms with Crippen LogP contribution in [0.5, 0.6) is 0 Å². The number of nitrogens with two attached hydrogens (primary N) is 1. The molecule has 0 heterocycles. The topological polar surface area (TPSA) is 63.3 Å². The van der Waals surface area contributed by atoms with Crippen LogP contribution in [0.4, 0.5) is 5.69 Å². The first-order chi connectivity index (χ1) is 9.08. The molecular formula is C15H15NO2S. The SMILES string of the molecule is Cc1cccc(CSc2c(N)cccc2C(=O)O)c1. The average molecular weight is 273 g/mol. The van der Waals surface area contributed by atoms with E-state index in [1.807, 2.05) is 25.1 Å². The van der Waals surface area contributed by atoms with E-state index in [2.05, 4.69) is 6.07 Å². The largest absolute Gasteiger partial charge is 0.478 e. The van der Waals surface area contributed by atoms with E-state index in [-0.39, 0.29) is 5.56 Å². The lowest BCUT2D eigenvalue weighted by Gasteiger charge is -2.09. The van der Waals surface area contributed by atoms with Gasteiger partial charge in [0.2, 0.25) is 0 Å². The number of carbonyl (C=O) groups is 1. The van der Waals surface area contributed by atoms with Crippen LogP contribution in [0.15, 0.2) is 47.4 Å². The second-order valence-electron chi connectivity index (χ2n) is 4.31. The predicted molar refractivity (Wildman–Crippen MR) is 78.6 cm³/mol. The van der Waals surface area contributed by atoms with E-state index < -0.39 is 5.97 Å². The van der Waals surface area contributed by atoms with Crippen LogP contribution >= 0.6 is 11.8 Å². The zero-order valence-electron chi connectivity index (χ0n) is 10.6. The smallest absolute Gasteiger partial charge is 0.336 e. The Labute approximate surface area is 116 Å². The first-order valence-electron chi connectivity index (χ1n) is 5.88. The molecule has 0 saturated heterocycles. The number of hydrogen-bond acceptors (Lipinski definition) is 3. The molecule has 0 radical (unpaired) electrons. The summed E-state index contributed by atoms with van der Waals surface area (Å²) in [4.78, 5) is 11.8. The Morgan fingerprint density at radius 2 is 2.00 bits per heavy atom. The Bertz CT molecular complexity index is 611. The summed E-state index contributed by atoms with van der Waals surface area (Å²) < 4.78 is 0. The Balaban J connectivity index is 2.22. The number of benzene rings is 2. The highest BCUT2D eigenvalue weighted by molar-refractivity contribution is 7.98. The summed E-state index contributed by atoms with van der Waals surface area (Å²) in [5.41, 5.74) is 8.99. The number of rotatable bonds is 4. The van der Waals surface area contributed by atoms with Crippen LogP contribution < -0.4 is 5.73 Å². The highest BCUT2D eigenvalue weighted by Crippen LogP contribution is 2.31. The molecule has 3 nitrogen and oxygen atoms in total. The molecule has 2 aromatic rings. The minimum atomic E-state index is -0.945. The molecule has 3 N–H and O–H groups in total. The van der Waals surface area contributed by atoms with Crippen molar-refractivity contribution in [2.45, 2.75) is 17.6 Å². The van der Waals surface area contributed by atoms with E-state index in [0.29, 0.717) is 16.3 Å². The fourth-order valence-corrected chi connectivity index (χ4v) is 2.88. The van der Waals surface area contributed by atoms with Crippen molar-refractivity contribution in [2.75, 3.05) is 5.73 Å². The molecule has 0 bridgehead atoms. The minimum Gasteiger partial charge on any atom is -0.478 e. The Kier molecular flexibility index (Phi) is 4.12. The molecule has 98 valence electrons. The molecule has 19 heavy (non-hydrogen) atoms. The maximum Gasteiger partial charge on any atom is 0.336 e. The molecule has 0 fully saturated rings. The van der Waals surface area contributed by atoms with Crippen molar-refractivity contribution >= 4 is 23.4 Å². The van der Waals surface area contributed by atoms with Gasteiger partial charge in [0.1, 0.15) is 0 Å². The van der Waals surface area contributed by atoms with Gasteiger partial charge < -0.3 is 10.8 Å². The van der Waals surface area contributed by atoms with E-state index in [1.54, 1.807) is 18.2 Å². The van der Waals surface area contributed by atoms with Gasteiger partial charge in [-0.25, -0.2) is 4.79 Å². The molecule has 0 amide bonds. The van der Waals surface area contributed by atoms with E-state index in [9.17, 15) is 4.79 Å². The number of aromatic carboxylic acids is 1. The monoisotopic (exact) mass is 273 g/mol. The number of nitrogen functional groups attached to an aromatic ring is 1. The fourth-order valence-electron chi connectivity index (χ4n) is 1.84. The van der Waals surface area contributed by atoms with E-state index >= 15 is 0 Å². The molecule has 0 aliphatic rings. The van der Waals surface area contributed by atoms with E-state index in [0.717, 1.165) is 5.56 Å². The van der Waals surface area contributed by atoms with Gasteiger partial charge in [0.25, 0.3) is 0 Å². The normalized spacial score (nSPS) is 10.4. The van der Waals surface area contributed by atoms with Gasteiger partial charge in [-0.2, -0.15) is 0 Å². The van der Waals surface area contributed by atoms with Gasteiger partial charge in [0.05, 0.1) is 5.56 Å². The van der Waals surface area contributed by atoms with Crippen molar-refractivity contribution < 1.29 is 9.90 Å². The van der Waals surface area contributed by atoms with Crippen LogP contribution in [0, 0.1) is 6.92 Å². The number of thioether (sulfide) groups is 1. The van der Waals surface area contributed by atoms with Crippen LogP contribution in [0.1, 0.15) is 21.5 Å². The lowest BCUT2D eigenvalue weighted by Crippen LogP contribution is -2.02. The predicted octanol–water partition coefficient (Wildman–Crippen LogP) is 3.57. The molecule has 0 atom stereocenters. The number of carboxylic acids is 1. The van der Waals surface area contributed by atoms with Gasteiger partial charge in [-0.1, -0.05) is 35.9 Å². The molecular weight excluding hydrogens is 258 g/mol. The molecule has 2 rings (SSSR count). The standard InChI is InChI=1S/C15H15NO2S/c1-10-4-2-5-11(8-10)9-19-14-12(15(17)18)6-3-7-13(14)16/h2-8H,9,16H2,1H3,(H,17,18). The first kappa shape index (κ1) is 13.5. The van der Waals surface area contributed by atoms with Crippen LogP contribution in [0.25, 0.3) is 0 Å². The van der Waals surface area contributed by atoms with Gasteiger partial charge in [-0.3, -0.25) is 0 Å². The molecule has 0 aliphatic heterocycles. The van der Waals surface area contributed by atoms with Crippen molar-refractivity contribution in [1.82, 2.24) is 0 Å². The third-order valence-electron chi connectivity index (χ3n) is 2.74. The minimum absolute atomic E-state index is 0.262. The van der Waals surface area contributed by atoms with E-state index in [1.165, 1.54) is 17.3 Å². The first-order valence-corrected chi connectivity index (χ1v) is 6.86. The summed E-state index contributed by atoms with van der Waals surface area (Å²) in [7, 11) is 0. The zero-order valence-corrected chi connectivity index (χ0v) is 11.4. The summed E-state index contributed by atoms with van der Waals surface area (Å²) in [6.45, 7) is 2.04. The molecule has 0 aliphatic carbocycles. The van der Waals surface area contributed by atoms with Crippen molar-refractivity contribution in [3.05, 3.63) is 59.2 Å². The van der Waals surface area contributed by atoms with Gasteiger partial charge >= 0.3 is 5.97 Å². The molecule has 0 saturated carbocycles. The molecule has 0 unspecified atom stereocenters. The van der Waals surface area contributed by atoms with Gasteiger partial charge in [-0.05, 0) is 24.6 Å². The lowest BCUT2D eigenvalue weighted by molar-refractivity contribution is 0.0693. The van der Waals surface area contributed by atoms with Crippen molar-refractivity contribution in [2.24, 2.45) is 0 Å². The highest BCUT2D eigenvalue weighted by atomic mass is 32.2. The summed E-state index contributed by atoms with van der Waals surface area (Å²) >= 11 is 1.46. The maximum absolute atomic E-state index is 11.2.